The first kappa shape index (κ1) is 20.7. The molecule has 1 saturated heterocycles. The van der Waals surface area contributed by atoms with Gasteiger partial charge in [-0.15, -0.1) is 0 Å². The number of ketones is 2. The summed E-state index contributed by atoms with van der Waals surface area (Å²) in [4.78, 5) is 31.8. The molecule has 1 aliphatic heterocycles. The van der Waals surface area contributed by atoms with Crippen molar-refractivity contribution in [2.75, 3.05) is 26.2 Å². The third-order valence-corrected chi connectivity index (χ3v) is 6.84. The number of fused-ring (bicyclic) bond motifs is 1. The maximum absolute atomic E-state index is 14.7. The lowest BCUT2D eigenvalue weighted by Gasteiger charge is -2.44. The summed E-state index contributed by atoms with van der Waals surface area (Å²) in [5, 5.41) is 0. The number of Topliss-reactive ketones (excluding diaryl/α,β-unsaturated/α-hetero) is 2. The number of carbonyl (C=O) groups is 2. The number of aryl methyl sites for hydroxylation is 1. The van der Waals surface area contributed by atoms with E-state index in [1.165, 1.54) is 23.3 Å². The zero-order chi connectivity index (χ0) is 22.3. The number of nitrogens with zero attached hydrogens (tertiary/aromatic N) is 2. The molecule has 0 aromatic heterocycles. The summed E-state index contributed by atoms with van der Waals surface area (Å²) in [5.74, 6) is -1.40. The van der Waals surface area contributed by atoms with Crippen LogP contribution in [0.4, 0.5) is 4.39 Å². The number of halogens is 1. The van der Waals surface area contributed by atoms with E-state index < -0.39 is 17.1 Å². The molecule has 1 atom stereocenters. The molecule has 1 fully saturated rings. The fourth-order valence-corrected chi connectivity index (χ4v) is 5.10. The van der Waals surface area contributed by atoms with Gasteiger partial charge in [0, 0.05) is 38.3 Å². The molecule has 4 nitrogen and oxygen atoms in total. The molecule has 2 aliphatic rings. The first-order valence-corrected chi connectivity index (χ1v) is 11.0. The monoisotopic (exact) mass is 428 g/mol. The second-order valence-electron chi connectivity index (χ2n) is 8.59. The lowest BCUT2D eigenvalue weighted by Crippen LogP contribution is -2.60. The van der Waals surface area contributed by atoms with Crippen LogP contribution in [0.25, 0.3) is 0 Å². The van der Waals surface area contributed by atoms with Gasteiger partial charge < -0.3 is 0 Å². The second kappa shape index (κ2) is 8.08. The summed E-state index contributed by atoms with van der Waals surface area (Å²) in [6.45, 7) is 5.49. The van der Waals surface area contributed by atoms with Crippen LogP contribution in [0.3, 0.4) is 0 Å². The van der Waals surface area contributed by atoms with Crippen LogP contribution in [-0.2, 0) is 12.1 Å². The number of hydrogen-bond donors (Lipinski definition) is 0. The first-order chi connectivity index (χ1) is 15.5. The SMILES string of the molecule is Cc1ccccc1CN1CCN(C2(c3ccccc3)C(=O)c3cccc(F)c3C2=O)CC1. The molecule has 1 heterocycles. The van der Waals surface area contributed by atoms with E-state index in [4.69, 9.17) is 0 Å². The van der Waals surface area contributed by atoms with Crippen LogP contribution < -0.4 is 0 Å². The maximum atomic E-state index is 14.7. The van der Waals surface area contributed by atoms with Gasteiger partial charge in [-0.25, -0.2) is 4.39 Å². The largest absolute Gasteiger partial charge is 0.297 e. The Balaban J connectivity index is 1.48. The van der Waals surface area contributed by atoms with Crippen LogP contribution in [0, 0.1) is 12.7 Å². The molecule has 0 saturated carbocycles. The molecule has 5 rings (SSSR count). The highest BCUT2D eigenvalue weighted by atomic mass is 19.1. The third-order valence-electron chi connectivity index (χ3n) is 6.84. The Morgan fingerprint density at radius 2 is 1.50 bits per heavy atom. The smallest absolute Gasteiger partial charge is 0.199 e. The number of rotatable bonds is 4. The summed E-state index contributed by atoms with van der Waals surface area (Å²) in [7, 11) is 0. The van der Waals surface area contributed by atoms with Gasteiger partial charge in [-0.05, 0) is 29.7 Å². The number of piperazine rings is 1. The quantitative estimate of drug-likeness (QED) is 0.584. The highest BCUT2D eigenvalue weighted by Gasteiger charge is 2.59. The molecule has 3 aromatic rings. The van der Waals surface area contributed by atoms with Crippen molar-refractivity contribution < 1.29 is 14.0 Å². The normalized spacial score (nSPS) is 21.7. The minimum atomic E-state index is -1.50. The van der Waals surface area contributed by atoms with Crippen LogP contribution in [0.15, 0.2) is 72.8 Å². The summed E-state index contributed by atoms with van der Waals surface area (Å²) < 4.78 is 14.7. The van der Waals surface area contributed by atoms with Crippen LogP contribution in [-0.4, -0.2) is 47.5 Å². The Bertz CT molecular complexity index is 1190. The molecule has 32 heavy (non-hydrogen) atoms. The number of hydrogen-bond acceptors (Lipinski definition) is 4. The molecule has 0 bridgehead atoms. The highest BCUT2D eigenvalue weighted by Crippen LogP contribution is 2.43. The molecular formula is C27H25FN2O2. The van der Waals surface area contributed by atoms with Crippen molar-refractivity contribution in [3.63, 3.8) is 0 Å². The molecule has 5 heteroatoms. The van der Waals surface area contributed by atoms with Gasteiger partial charge in [0.05, 0.1) is 5.56 Å². The van der Waals surface area contributed by atoms with Crippen molar-refractivity contribution in [1.82, 2.24) is 9.80 Å². The van der Waals surface area contributed by atoms with Crippen LogP contribution in [0.5, 0.6) is 0 Å². The van der Waals surface area contributed by atoms with Crippen molar-refractivity contribution in [2.45, 2.75) is 19.0 Å². The van der Waals surface area contributed by atoms with Crippen LogP contribution >= 0.6 is 0 Å². The van der Waals surface area contributed by atoms with E-state index in [-0.39, 0.29) is 16.9 Å². The van der Waals surface area contributed by atoms with E-state index in [9.17, 15) is 14.0 Å². The standard InChI is InChI=1S/C27H25FN2O2/c1-19-8-5-6-9-20(19)18-29-14-16-30(17-15-29)27(21-10-3-2-4-11-21)25(31)22-12-7-13-23(28)24(22)26(27)32/h2-13H,14-18H2,1H3. The number of benzene rings is 3. The second-order valence-corrected chi connectivity index (χ2v) is 8.59. The van der Waals surface area contributed by atoms with Gasteiger partial charge in [0.15, 0.2) is 17.1 Å². The van der Waals surface area contributed by atoms with E-state index in [2.05, 4.69) is 24.0 Å². The molecular weight excluding hydrogens is 403 g/mol. The van der Waals surface area contributed by atoms with Gasteiger partial charge in [-0.2, -0.15) is 0 Å². The predicted molar refractivity (Wildman–Crippen MR) is 121 cm³/mol. The lowest BCUT2D eigenvalue weighted by atomic mass is 9.82. The molecule has 0 spiro atoms. The zero-order valence-corrected chi connectivity index (χ0v) is 18.1. The fraction of sp³-hybridized carbons (Fsp3) is 0.259. The number of carbonyl (C=O) groups excluding carboxylic acids is 2. The lowest BCUT2D eigenvalue weighted by molar-refractivity contribution is 0.0278. The van der Waals surface area contributed by atoms with Gasteiger partial charge in [0.25, 0.3) is 0 Å². The highest BCUT2D eigenvalue weighted by molar-refractivity contribution is 6.33. The molecule has 0 amide bonds. The van der Waals surface area contributed by atoms with E-state index >= 15 is 0 Å². The molecule has 3 aromatic carbocycles. The predicted octanol–water partition coefficient (Wildman–Crippen LogP) is 4.23. The Hall–Kier alpha value is -3.15. The minimum Gasteiger partial charge on any atom is -0.297 e. The summed E-state index contributed by atoms with van der Waals surface area (Å²) >= 11 is 0. The fourth-order valence-electron chi connectivity index (χ4n) is 5.10. The van der Waals surface area contributed by atoms with Gasteiger partial charge >= 0.3 is 0 Å². The maximum Gasteiger partial charge on any atom is 0.199 e. The van der Waals surface area contributed by atoms with Gasteiger partial charge in [0.1, 0.15) is 5.82 Å². The Kier molecular flexibility index (Phi) is 5.24. The first-order valence-electron chi connectivity index (χ1n) is 11.0. The van der Waals surface area contributed by atoms with Crippen molar-refractivity contribution >= 4 is 11.6 Å². The summed E-state index contributed by atoms with van der Waals surface area (Å²) in [5.41, 5.74) is 1.74. The van der Waals surface area contributed by atoms with Crippen molar-refractivity contribution in [2.24, 2.45) is 0 Å². The van der Waals surface area contributed by atoms with Crippen LogP contribution in [0.2, 0.25) is 0 Å². The minimum absolute atomic E-state index is 0.0799. The average Bonchev–Trinajstić information content (AvgIpc) is 3.05. The van der Waals surface area contributed by atoms with E-state index in [1.54, 1.807) is 18.2 Å². The van der Waals surface area contributed by atoms with Gasteiger partial charge in [-0.1, -0.05) is 66.7 Å². The van der Waals surface area contributed by atoms with E-state index in [1.807, 2.05) is 35.2 Å². The molecule has 0 N–H and O–H groups in total. The molecule has 0 radical (unpaired) electrons. The molecule has 162 valence electrons. The van der Waals surface area contributed by atoms with Gasteiger partial charge in [0.2, 0.25) is 0 Å². The third kappa shape index (κ3) is 3.12. The van der Waals surface area contributed by atoms with Crippen molar-refractivity contribution in [3.8, 4) is 0 Å². The van der Waals surface area contributed by atoms with E-state index in [0.29, 0.717) is 18.7 Å². The Morgan fingerprint density at radius 1 is 0.812 bits per heavy atom. The van der Waals surface area contributed by atoms with Crippen molar-refractivity contribution in [1.29, 1.82) is 0 Å². The molecule has 1 aliphatic carbocycles. The van der Waals surface area contributed by atoms with Crippen LogP contribution in [0.1, 0.15) is 37.4 Å². The average molecular weight is 429 g/mol. The summed E-state index contributed by atoms with van der Waals surface area (Å²) in [6, 6.07) is 21.8. The molecule has 1 unspecified atom stereocenters. The van der Waals surface area contributed by atoms with Crippen molar-refractivity contribution in [3.05, 3.63) is 106 Å². The van der Waals surface area contributed by atoms with E-state index in [0.717, 1.165) is 19.6 Å². The zero-order valence-electron chi connectivity index (χ0n) is 18.1. The summed E-state index contributed by atoms with van der Waals surface area (Å²) in [6.07, 6.45) is 0. The van der Waals surface area contributed by atoms with Gasteiger partial charge in [-0.3, -0.25) is 19.4 Å². The topological polar surface area (TPSA) is 40.6 Å². The Morgan fingerprint density at radius 3 is 2.19 bits per heavy atom. The Labute approximate surface area is 187 Å².